The molecule has 0 spiro atoms. The number of hydrogen-bond donors (Lipinski definition) is 1. The smallest absolute Gasteiger partial charge is 0.306 e. The van der Waals surface area contributed by atoms with E-state index in [1.165, 1.54) is 0 Å². The van der Waals surface area contributed by atoms with Gasteiger partial charge in [0, 0.05) is 5.02 Å². The van der Waals surface area contributed by atoms with Gasteiger partial charge < -0.3 is 14.6 Å². The fraction of sp³-hybridized carbons (Fsp3) is 0.533. The molecule has 0 saturated heterocycles. The molecule has 2 rings (SSSR count). The van der Waals surface area contributed by atoms with Gasteiger partial charge in [-0.25, -0.2) is 0 Å². The first-order valence-corrected chi connectivity index (χ1v) is 7.25. The number of carboxylic acids is 1. The van der Waals surface area contributed by atoms with Crippen molar-refractivity contribution < 1.29 is 19.4 Å². The summed E-state index contributed by atoms with van der Waals surface area (Å²) in [6.07, 6.45) is 3.19. The van der Waals surface area contributed by atoms with Crippen molar-refractivity contribution in [1.82, 2.24) is 0 Å². The molecule has 1 N–H and O–H groups in total. The van der Waals surface area contributed by atoms with Crippen molar-refractivity contribution in [2.75, 3.05) is 13.2 Å². The zero-order valence-corrected chi connectivity index (χ0v) is 12.0. The highest BCUT2D eigenvalue weighted by atomic mass is 35.5. The minimum Gasteiger partial charge on any atom is -0.491 e. The van der Waals surface area contributed by atoms with Crippen LogP contribution in [0.2, 0.25) is 5.02 Å². The van der Waals surface area contributed by atoms with Gasteiger partial charge in [-0.3, -0.25) is 4.79 Å². The summed E-state index contributed by atoms with van der Waals surface area (Å²) in [5, 5.41) is 9.56. The summed E-state index contributed by atoms with van der Waals surface area (Å²) < 4.78 is 11.2. The molecule has 0 atom stereocenters. The van der Waals surface area contributed by atoms with Crippen molar-refractivity contribution in [3.05, 3.63) is 29.3 Å². The van der Waals surface area contributed by atoms with E-state index < -0.39 is 5.97 Å². The van der Waals surface area contributed by atoms with Crippen LogP contribution in [0.3, 0.4) is 0 Å². The molecule has 110 valence electrons. The second-order valence-corrected chi connectivity index (χ2v) is 5.42. The van der Waals surface area contributed by atoms with E-state index in [4.69, 9.17) is 26.2 Å². The number of hydrogen-bond acceptors (Lipinski definition) is 3. The molecule has 0 bridgehead atoms. The maximum atomic E-state index is 10.8. The van der Waals surface area contributed by atoms with Crippen LogP contribution >= 0.6 is 11.6 Å². The Hall–Kier alpha value is -1.26. The second kappa shape index (κ2) is 7.50. The minimum atomic E-state index is -0.687. The number of carboxylic acid groups (broad SMARTS) is 1. The summed E-state index contributed by atoms with van der Waals surface area (Å²) in [5.41, 5.74) is 0. The molecule has 1 aromatic carbocycles. The summed E-state index contributed by atoms with van der Waals surface area (Å²) in [4.78, 5) is 10.8. The minimum absolute atomic E-state index is 0.161. The maximum Gasteiger partial charge on any atom is 0.306 e. The lowest BCUT2D eigenvalue weighted by atomic mass is 9.87. The molecule has 0 amide bonds. The van der Waals surface area contributed by atoms with Gasteiger partial charge in [-0.1, -0.05) is 17.7 Å². The number of halogens is 1. The van der Waals surface area contributed by atoms with Crippen molar-refractivity contribution in [3.63, 3.8) is 0 Å². The molecule has 0 aliphatic heterocycles. The number of benzene rings is 1. The van der Waals surface area contributed by atoms with Gasteiger partial charge in [0.2, 0.25) is 0 Å². The number of ether oxygens (including phenoxy) is 2. The van der Waals surface area contributed by atoms with Gasteiger partial charge in [0.15, 0.2) is 0 Å². The van der Waals surface area contributed by atoms with E-state index in [2.05, 4.69) is 0 Å². The van der Waals surface area contributed by atoms with E-state index in [-0.39, 0.29) is 12.0 Å². The zero-order valence-electron chi connectivity index (χ0n) is 11.3. The molecular weight excluding hydrogens is 280 g/mol. The molecule has 1 aromatic rings. The van der Waals surface area contributed by atoms with Gasteiger partial charge in [0.25, 0.3) is 0 Å². The Balaban J connectivity index is 1.61. The molecule has 1 aliphatic rings. The van der Waals surface area contributed by atoms with Crippen LogP contribution in [0.15, 0.2) is 24.3 Å². The molecule has 4 nitrogen and oxygen atoms in total. The predicted octanol–water partition coefficient (Wildman–Crippen LogP) is 3.38. The van der Waals surface area contributed by atoms with E-state index in [0.29, 0.717) is 31.1 Å². The average molecular weight is 299 g/mol. The van der Waals surface area contributed by atoms with Crippen LogP contribution in [0.4, 0.5) is 0 Å². The van der Waals surface area contributed by atoms with E-state index in [9.17, 15) is 4.79 Å². The van der Waals surface area contributed by atoms with Crippen LogP contribution in [0.5, 0.6) is 5.75 Å². The summed E-state index contributed by atoms with van der Waals surface area (Å²) >= 11 is 5.86. The third-order valence-corrected chi connectivity index (χ3v) is 3.76. The number of carbonyl (C=O) groups is 1. The van der Waals surface area contributed by atoms with Gasteiger partial charge in [0.1, 0.15) is 12.4 Å². The van der Waals surface area contributed by atoms with Crippen LogP contribution in [-0.2, 0) is 9.53 Å². The molecule has 1 aliphatic carbocycles. The van der Waals surface area contributed by atoms with E-state index in [0.717, 1.165) is 18.6 Å². The highest BCUT2D eigenvalue weighted by Gasteiger charge is 2.26. The number of aliphatic carboxylic acids is 1. The predicted molar refractivity (Wildman–Crippen MR) is 76.3 cm³/mol. The quantitative estimate of drug-likeness (QED) is 0.818. The molecule has 1 fully saturated rings. The summed E-state index contributed by atoms with van der Waals surface area (Å²) in [5.74, 6) is -0.152. The Kier molecular flexibility index (Phi) is 5.68. The Morgan fingerprint density at radius 1 is 1.25 bits per heavy atom. The first-order chi connectivity index (χ1) is 9.65. The monoisotopic (exact) mass is 298 g/mol. The standard InChI is InChI=1S/C15H19ClO4/c16-12-2-1-3-14(10-12)20-9-8-19-13-6-4-11(5-7-13)15(17)18/h1-3,10-11,13H,4-9H2,(H,17,18). The van der Waals surface area contributed by atoms with Gasteiger partial charge in [-0.05, 0) is 43.9 Å². The maximum absolute atomic E-state index is 10.8. The second-order valence-electron chi connectivity index (χ2n) is 4.99. The van der Waals surface area contributed by atoms with Gasteiger partial charge in [-0.15, -0.1) is 0 Å². The Bertz CT molecular complexity index is 441. The normalized spacial score (nSPS) is 22.4. The van der Waals surface area contributed by atoms with Crippen molar-refractivity contribution >= 4 is 17.6 Å². The molecule has 20 heavy (non-hydrogen) atoms. The molecule has 0 heterocycles. The fourth-order valence-corrected chi connectivity index (χ4v) is 2.59. The summed E-state index contributed by atoms with van der Waals surface area (Å²) in [6, 6.07) is 7.25. The Labute approximate surface area is 123 Å². The highest BCUT2D eigenvalue weighted by Crippen LogP contribution is 2.26. The van der Waals surface area contributed by atoms with Crippen LogP contribution in [0.25, 0.3) is 0 Å². The van der Waals surface area contributed by atoms with E-state index in [1.54, 1.807) is 12.1 Å². The largest absolute Gasteiger partial charge is 0.491 e. The van der Waals surface area contributed by atoms with Crippen LogP contribution < -0.4 is 4.74 Å². The van der Waals surface area contributed by atoms with Crippen LogP contribution in [-0.4, -0.2) is 30.4 Å². The van der Waals surface area contributed by atoms with Crippen molar-refractivity contribution in [3.8, 4) is 5.75 Å². The van der Waals surface area contributed by atoms with Crippen LogP contribution in [0, 0.1) is 5.92 Å². The molecule has 0 radical (unpaired) electrons. The lowest BCUT2D eigenvalue weighted by Gasteiger charge is -2.26. The Morgan fingerprint density at radius 2 is 2.00 bits per heavy atom. The van der Waals surface area contributed by atoms with E-state index >= 15 is 0 Å². The topological polar surface area (TPSA) is 55.8 Å². The third-order valence-electron chi connectivity index (χ3n) is 3.53. The first-order valence-electron chi connectivity index (χ1n) is 6.88. The van der Waals surface area contributed by atoms with Gasteiger partial charge >= 0.3 is 5.97 Å². The summed E-state index contributed by atoms with van der Waals surface area (Å²) in [7, 11) is 0. The van der Waals surface area contributed by atoms with E-state index in [1.807, 2.05) is 12.1 Å². The molecule has 0 aromatic heterocycles. The summed E-state index contributed by atoms with van der Waals surface area (Å²) in [6.45, 7) is 0.980. The van der Waals surface area contributed by atoms with Crippen molar-refractivity contribution in [1.29, 1.82) is 0 Å². The van der Waals surface area contributed by atoms with Crippen molar-refractivity contribution in [2.45, 2.75) is 31.8 Å². The lowest BCUT2D eigenvalue weighted by molar-refractivity contribution is -0.143. The van der Waals surface area contributed by atoms with Gasteiger partial charge in [-0.2, -0.15) is 0 Å². The molecular formula is C15H19ClO4. The molecule has 5 heteroatoms. The number of rotatable bonds is 6. The SMILES string of the molecule is O=C(O)C1CCC(OCCOc2cccc(Cl)c2)CC1. The van der Waals surface area contributed by atoms with Crippen LogP contribution in [0.1, 0.15) is 25.7 Å². The third kappa shape index (κ3) is 4.69. The van der Waals surface area contributed by atoms with Crippen molar-refractivity contribution in [2.24, 2.45) is 5.92 Å². The Morgan fingerprint density at radius 3 is 2.65 bits per heavy atom. The average Bonchev–Trinajstić information content (AvgIpc) is 2.44. The molecule has 0 unspecified atom stereocenters. The fourth-order valence-electron chi connectivity index (χ4n) is 2.41. The molecule has 1 saturated carbocycles. The highest BCUT2D eigenvalue weighted by molar-refractivity contribution is 6.30. The first kappa shape index (κ1) is 15.1. The lowest BCUT2D eigenvalue weighted by Crippen LogP contribution is -2.27. The zero-order chi connectivity index (χ0) is 14.4. The van der Waals surface area contributed by atoms with Gasteiger partial charge in [0.05, 0.1) is 18.6 Å².